The van der Waals surface area contributed by atoms with Gasteiger partial charge < -0.3 is 19.6 Å². The number of pyridine rings is 1. The first-order valence-corrected chi connectivity index (χ1v) is 8.71. The van der Waals surface area contributed by atoms with E-state index >= 15 is 0 Å². The molecule has 1 aromatic rings. The summed E-state index contributed by atoms with van der Waals surface area (Å²) in [6.07, 6.45) is 5.75. The van der Waals surface area contributed by atoms with Crippen molar-refractivity contribution in [2.24, 2.45) is 0 Å². The van der Waals surface area contributed by atoms with Crippen LogP contribution in [0.5, 0.6) is 0 Å². The number of nitrogens with zero attached hydrogens (tertiary/aromatic N) is 3. The predicted octanol–water partition coefficient (Wildman–Crippen LogP) is 1.87. The number of piperidine rings is 1. The van der Waals surface area contributed by atoms with Crippen molar-refractivity contribution in [2.45, 2.75) is 37.2 Å². The van der Waals surface area contributed by atoms with Crippen molar-refractivity contribution in [1.29, 1.82) is 0 Å². The van der Waals surface area contributed by atoms with E-state index in [9.17, 15) is 5.11 Å². The van der Waals surface area contributed by atoms with Gasteiger partial charge in [-0.3, -0.25) is 4.98 Å². The average Bonchev–Trinajstić information content (AvgIpc) is 2.56. The van der Waals surface area contributed by atoms with Crippen LogP contribution in [0.15, 0.2) is 18.3 Å². The number of aliphatic hydroxyl groups is 1. The second kappa shape index (κ2) is 7.16. The number of likely N-dealkylation sites (tertiary alicyclic amines) is 1. The van der Waals surface area contributed by atoms with Gasteiger partial charge in [-0.25, -0.2) is 0 Å². The van der Waals surface area contributed by atoms with Gasteiger partial charge in [0.2, 0.25) is 0 Å². The summed E-state index contributed by atoms with van der Waals surface area (Å²) in [5.74, 6) is 0.548. The van der Waals surface area contributed by atoms with E-state index in [-0.39, 0.29) is 0 Å². The van der Waals surface area contributed by atoms with Crippen LogP contribution in [0.4, 0.5) is 5.69 Å². The number of hydrogen-bond donors (Lipinski definition) is 1. The Kier molecular flexibility index (Phi) is 5.19. The van der Waals surface area contributed by atoms with Crippen LogP contribution in [-0.2, 0) is 4.74 Å². The van der Waals surface area contributed by atoms with E-state index in [1.807, 2.05) is 20.3 Å². The van der Waals surface area contributed by atoms with Crippen molar-refractivity contribution in [2.75, 3.05) is 51.8 Å². The third kappa shape index (κ3) is 4.22. The van der Waals surface area contributed by atoms with Crippen LogP contribution in [0.1, 0.15) is 37.3 Å². The maximum absolute atomic E-state index is 10.7. The fourth-order valence-electron chi connectivity index (χ4n) is 3.62. The van der Waals surface area contributed by atoms with E-state index in [1.165, 1.54) is 5.69 Å². The van der Waals surface area contributed by atoms with Gasteiger partial charge in [0, 0.05) is 58.3 Å². The Morgan fingerprint density at radius 1 is 1.26 bits per heavy atom. The molecule has 2 aliphatic heterocycles. The second-order valence-electron chi connectivity index (χ2n) is 7.22. The molecule has 1 N–H and O–H groups in total. The highest BCUT2D eigenvalue weighted by molar-refractivity contribution is 5.42. The Morgan fingerprint density at radius 2 is 1.96 bits per heavy atom. The third-order valence-corrected chi connectivity index (χ3v) is 5.23. The van der Waals surface area contributed by atoms with Crippen LogP contribution >= 0.6 is 0 Å². The largest absolute Gasteiger partial charge is 0.388 e. The van der Waals surface area contributed by atoms with Gasteiger partial charge in [0.15, 0.2) is 0 Å². The fourth-order valence-corrected chi connectivity index (χ4v) is 3.62. The lowest BCUT2D eigenvalue weighted by Crippen LogP contribution is -2.48. The molecular weight excluding hydrogens is 290 g/mol. The summed E-state index contributed by atoms with van der Waals surface area (Å²) < 4.78 is 5.37. The third-order valence-electron chi connectivity index (χ3n) is 5.23. The molecular formula is C18H29N3O2. The molecule has 5 nitrogen and oxygen atoms in total. The Balaban J connectivity index is 1.51. The molecule has 3 rings (SSSR count). The zero-order chi connectivity index (χ0) is 16.3. The van der Waals surface area contributed by atoms with Crippen molar-refractivity contribution < 1.29 is 9.84 Å². The molecule has 1 aromatic heterocycles. The second-order valence-corrected chi connectivity index (χ2v) is 7.22. The molecule has 0 unspecified atom stereocenters. The summed E-state index contributed by atoms with van der Waals surface area (Å²) in [7, 11) is 4.08. The number of β-amino-alcohol motifs (C(OH)–C–C–N with tert-alkyl or cyclic N) is 1. The number of rotatable bonds is 4. The topological polar surface area (TPSA) is 48.8 Å². The minimum atomic E-state index is -0.545. The number of anilines is 1. The Labute approximate surface area is 139 Å². The summed E-state index contributed by atoms with van der Waals surface area (Å²) in [5.41, 5.74) is 1.81. The van der Waals surface area contributed by atoms with Crippen molar-refractivity contribution in [1.82, 2.24) is 9.88 Å². The molecule has 5 heteroatoms. The molecule has 2 saturated heterocycles. The summed E-state index contributed by atoms with van der Waals surface area (Å²) in [5, 5.41) is 10.7. The zero-order valence-electron chi connectivity index (χ0n) is 14.4. The van der Waals surface area contributed by atoms with Crippen LogP contribution in [0.25, 0.3) is 0 Å². The highest BCUT2D eigenvalue weighted by atomic mass is 16.5. The van der Waals surface area contributed by atoms with Crippen LogP contribution in [0, 0.1) is 0 Å². The Hall–Kier alpha value is -1.17. The summed E-state index contributed by atoms with van der Waals surface area (Å²) in [6.45, 7) is 4.26. The first kappa shape index (κ1) is 16.7. The molecule has 2 aliphatic rings. The van der Waals surface area contributed by atoms with Gasteiger partial charge in [-0.15, -0.1) is 0 Å². The molecule has 128 valence electrons. The standard InChI is InChI=1S/C18H29N3O2/c1-20(2)16-3-4-17(19-13-16)15-5-9-21(10-6-15)14-18(22)7-11-23-12-8-18/h3-4,13,15,22H,5-12,14H2,1-2H3. The first-order chi connectivity index (χ1) is 11.1. The Bertz CT molecular complexity index is 489. The molecule has 0 radical (unpaired) electrons. The van der Waals surface area contributed by atoms with Gasteiger partial charge in [-0.1, -0.05) is 0 Å². The quantitative estimate of drug-likeness (QED) is 0.918. The number of hydrogen-bond acceptors (Lipinski definition) is 5. The van der Waals surface area contributed by atoms with Gasteiger partial charge in [0.1, 0.15) is 0 Å². The molecule has 0 amide bonds. The lowest BCUT2D eigenvalue weighted by molar-refractivity contribution is -0.0821. The maximum atomic E-state index is 10.7. The van der Waals surface area contributed by atoms with Crippen LogP contribution in [0.3, 0.4) is 0 Å². The van der Waals surface area contributed by atoms with Gasteiger partial charge in [0.25, 0.3) is 0 Å². The lowest BCUT2D eigenvalue weighted by atomic mass is 9.89. The van der Waals surface area contributed by atoms with E-state index in [0.717, 1.165) is 51.0 Å². The van der Waals surface area contributed by atoms with Crippen molar-refractivity contribution >= 4 is 5.69 Å². The van der Waals surface area contributed by atoms with Crippen LogP contribution < -0.4 is 4.90 Å². The molecule has 0 aromatic carbocycles. The molecule has 23 heavy (non-hydrogen) atoms. The molecule has 3 heterocycles. The van der Waals surface area contributed by atoms with E-state index in [2.05, 4.69) is 26.9 Å². The highest BCUT2D eigenvalue weighted by Crippen LogP contribution is 2.29. The van der Waals surface area contributed by atoms with E-state index in [4.69, 9.17) is 4.74 Å². The minimum Gasteiger partial charge on any atom is -0.388 e. The zero-order valence-corrected chi connectivity index (χ0v) is 14.4. The van der Waals surface area contributed by atoms with Crippen molar-refractivity contribution in [3.8, 4) is 0 Å². The number of aromatic nitrogens is 1. The highest BCUT2D eigenvalue weighted by Gasteiger charge is 2.33. The van der Waals surface area contributed by atoms with Gasteiger partial charge >= 0.3 is 0 Å². The summed E-state index contributed by atoms with van der Waals surface area (Å²) in [4.78, 5) is 9.14. The maximum Gasteiger partial charge on any atom is 0.0817 e. The molecule has 0 bridgehead atoms. The molecule has 0 spiro atoms. The van der Waals surface area contributed by atoms with E-state index in [1.54, 1.807) is 0 Å². The number of ether oxygens (including phenoxy) is 1. The van der Waals surface area contributed by atoms with Gasteiger partial charge in [-0.2, -0.15) is 0 Å². The van der Waals surface area contributed by atoms with Gasteiger partial charge in [0.05, 0.1) is 17.5 Å². The average molecular weight is 319 g/mol. The molecule has 0 atom stereocenters. The molecule has 0 aliphatic carbocycles. The van der Waals surface area contributed by atoms with Crippen LogP contribution in [0.2, 0.25) is 0 Å². The van der Waals surface area contributed by atoms with Crippen molar-refractivity contribution in [3.63, 3.8) is 0 Å². The van der Waals surface area contributed by atoms with E-state index in [0.29, 0.717) is 19.1 Å². The van der Waals surface area contributed by atoms with Crippen molar-refractivity contribution in [3.05, 3.63) is 24.0 Å². The van der Waals surface area contributed by atoms with E-state index < -0.39 is 5.60 Å². The SMILES string of the molecule is CN(C)c1ccc(C2CCN(CC3(O)CCOCC3)CC2)nc1. The Morgan fingerprint density at radius 3 is 2.52 bits per heavy atom. The smallest absolute Gasteiger partial charge is 0.0817 e. The molecule has 0 saturated carbocycles. The molecule has 2 fully saturated rings. The van der Waals surface area contributed by atoms with Gasteiger partial charge in [-0.05, 0) is 38.1 Å². The fraction of sp³-hybridized carbons (Fsp3) is 0.722. The normalized spacial score (nSPS) is 22.9. The first-order valence-electron chi connectivity index (χ1n) is 8.71. The summed E-state index contributed by atoms with van der Waals surface area (Å²) >= 11 is 0. The minimum absolute atomic E-state index is 0.545. The lowest BCUT2D eigenvalue weighted by Gasteiger charge is -2.39. The monoisotopic (exact) mass is 319 g/mol. The predicted molar refractivity (Wildman–Crippen MR) is 92.0 cm³/mol. The van der Waals surface area contributed by atoms with Crippen LogP contribution in [-0.4, -0.2) is 67.5 Å². The summed E-state index contributed by atoms with van der Waals surface area (Å²) in [6, 6.07) is 4.32.